The standard InChI is InChI=1S/C22H19BrN2O3/c1-16(27-20-12-10-18(23)11-13-20)22(26)25-24-15-17-6-5-9-21(14-17)28-19-7-3-2-4-8-19/h2-16H,1H3,(H,25,26)/b24-15-/t16-/m0/s1. The highest BCUT2D eigenvalue weighted by atomic mass is 79.9. The third-order valence-corrected chi connectivity index (χ3v) is 4.25. The van der Waals surface area contributed by atoms with Crippen molar-refractivity contribution in [1.29, 1.82) is 0 Å². The molecule has 0 radical (unpaired) electrons. The molecule has 0 saturated carbocycles. The highest BCUT2D eigenvalue weighted by molar-refractivity contribution is 9.10. The fourth-order valence-electron chi connectivity index (χ4n) is 2.32. The normalized spacial score (nSPS) is 11.8. The summed E-state index contributed by atoms with van der Waals surface area (Å²) in [5.41, 5.74) is 3.29. The summed E-state index contributed by atoms with van der Waals surface area (Å²) in [5, 5.41) is 4.00. The van der Waals surface area contributed by atoms with Gasteiger partial charge in [0.15, 0.2) is 6.10 Å². The van der Waals surface area contributed by atoms with Gasteiger partial charge >= 0.3 is 0 Å². The van der Waals surface area contributed by atoms with Crippen LogP contribution in [-0.4, -0.2) is 18.2 Å². The summed E-state index contributed by atoms with van der Waals surface area (Å²) in [6, 6.07) is 24.2. The number of ether oxygens (including phenoxy) is 2. The lowest BCUT2D eigenvalue weighted by Crippen LogP contribution is -2.33. The second kappa shape index (κ2) is 9.71. The molecule has 3 aromatic carbocycles. The van der Waals surface area contributed by atoms with Crippen molar-refractivity contribution < 1.29 is 14.3 Å². The van der Waals surface area contributed by atoms with Gasteiger partial charge in [-0.15, -0.1) is 0 Å². The molecule has 0 spiro atoms. The fourth-order valence-corrected chi connectivity index (χ4v) is 2.58. The van der Waals surface area contributed by atoms with E-state index in [1.165, 1.54) is 0 Å². The molecule has 0 saturated heterocycles. The minimum Gasteiger partial charge on any atom is -0.481 e. The topological polar surface area (TPSA) is 59.9 Å². The van der Waals surface area contributed by atoms with Crippen molar-refractivity contribution in [3.63, 3.8) is 0 Å². The van der Waals surface area contributed by atoms with Gasteiger partial charge in [0.1, 0.15) is 17.2 Å². The van der Waals surface area contributed by atoms with Crippen molar-refractivity contribution in [2.75, 3.05) is 0 Å². The maximum absolute atomic E-state index is 12.1. The lowest BCUT2D eigenvalue weighted by molar-refractivity contribution is -0.127. The van der Waals surface area contributed by atoms with E-state index in [1.807, 2.05) is 66.7 Å². The summed E-state index contributed by atoms with van der Waals surface area (Å²) in [6.07, 6.45) is 0.883. The van der Waals surface area contributed by atoms with E-state index in [1.54, 1.807) is 25.3 Å². The van der Waals surface area contributed by atoms with E-state index < -0.39 is 6.10 Å². The number of carbonyl (C=O) groups is 1. The van der Waals surface area contributed by atoms with Crippen LogP contribution in [0, 0.1) is 0 Å². The van der Waals surface area contributed by atoms with E-state index in [0.717, 1.165) is 15.8 Å². The average Bonchev–Trinajstić information content (AvgIpc) is 2.71. The first-order chi connectivity index (χ1) is 13.6. The molecule has 1 atom stereocenters. The van der Waals surface area contributed by atoms with Crippen molar-refractivity contribution in [2.45, 2.75) is 13.0 Å². The molecule has 3 rings (SSSR count). The number of hydrogen-bond donors (Lipinski definition) is 1. The number of nitrogens with zero attached hydrogens (tertiary/aromatic N) is 1. The maximum Gasteiger partial charge on any atom is 0.280 e. The number of para-hydroxylation sites is 1. The molecular formula is C22H19BrN2O3. The molecule has 6 heteroatoms. The first kappa shape index (κ1) is 19.6. The number of carbonyl (C=O) groups excluding carboxylic acids is 1. The molecule has 3 aromatic rings. The third-order valence-electron chi connectivity index (χ3n) is 3.72. The van der Waals surface area contributed by atoms with Crippen molar-refractivity contribution >= 4 is 28.1 Å². The molecule has 0 unspecified atom stereocenters. The van der Waals surface area contributed by atoms with E-state index in [-0.39, 0.29) is 5.91 Å². The van der Waals surface area contributed by atoms with E-state index in [2.05, 4.69) is 26.5 Å². The Hall–Kier alpha value is -3.12. The monoisotopic (exact) mass is 438 g/mol. The molecule has 142 valence electrons. The van der Waals surface area contributed by atoms with Crippen LogP contribution in [0.4, 0.5) is 0 Å². The highest BCUT2D eigenvalue weighted by Crippen LogP contribution is 2.21. The van der Waals surface area contributed by atoms with Crippen LogP contribution in [0.25, 0.3) is 0 Å². The number of nitrogens with one attached hydrogen (secondary N) is 1. The number of hydrogen-bond acceptors (Lipinski definition) is 4. The molecule has 0 aromatic heterocycles. The Kier molecular flexibility index (Phi) is 6.81. The summed E-state index contributed by atoms with van der Waals surface area (Å²) < 4.78 is 12.3. The lowest BCUT2D eigenvalue weighted by atomic mass is 10.2. The van der Waals surface area contributed by atoms with Gasteiger partial charge in [0.05, 0.1) is 6.21 Å². The smallest absolute Gasteiger partial charge is 0.280 e. The minimum absolute atomic E-state index is 0.337. The Labute approximate surface area is 172 Å². The Balaban J connectivity index is 1.54. The van der Waals surface area contributed by atoms with Gasteiger partial charge in [0.25, 0.3) is 5.91 Å². The van der Waals surface area contributed by atoms with Crippen LogP contribution in [0.2, 0.25) is 0 Å². The van der Waals surface area contributed by atoms with Crippen LogP contribution < -0.4 is 14.9 Å². The molecule has 0 aliphatic rings. The fraction of sp³-hybridized carbons (Fsp3) is 0.0909. The molecule has 1 amide bonds. The average molecular weight is 439 g/mol. The Morgan fingerprint density at radius 3 is 2.43 bits per heavy atom. The molecule has 0 fully saturated rings. The third kappa shape index (κ3) is 5.96. The van der Waals surface area contributed by atoms with Gasteiger partial charge in [-0.25, -0.2) is 5.43 Å². The maximum atomic E-state index is 12.1. The predicted molar refractivity (Wildman–Crippen MR) is 113 cm³/mol. The van der Waals surface area contributed by atoms with Gasteiger partial charge in [-0.1, -0.05) is 46.3 Å². The number of benzene rings is 3. The summed E-state index contributed by atoms with van der Waals surface area (Å²) in [6.45, 7) is 1.67. The second-order valence-electron chi connectivity index (χ2n) is 5.94. The molecule has 1 N–H and O–H groups in total. The molecule has 0 bridgehead atoms. The minimum atomic E-state index is -0.675. The Morgan fingerprint density at radius 2 is 1.68 bits per heavy atom. The zero-order chi connectivity index (χ0) is 19.8. The molecular weight excluding hydrogens is 420 g/mol. The molecule has 5 nitrogen and oxygen atoms in total. The van der Waals surface area contributed by atoms with Gasteiger partial charge in [-0.3, -0.25) is 4.79 Å². The Bertz CT molecular complexity index is 944. The first-order valence-corrected chi connectivity index (χ1v) is 9.47. The van der Waals surface area contributed by atoms with Crippen LogP contribution in [-0.2, 0) is 4.79 Å². The zero-order valence-electron chi connectivity index (χ0n) is 15.2. The van der Waals surface area contributed by atoms with Crippen LogP contribution in [0.5, 0.6) is 17.2 Å². The van der Waals surface area contributed by atoms with Crippen LogP contribution in [0.3, 0.4) is 0 Å². The Morgan fingerprint density at radius 1 is 0.964 bits per heavy atom. The quantitative estimate of drug-likeness (QED) is 0.409. The molecule has 0 aliphatic carbocycles. The molecule has 0 heterocycles. The van der Waals surface area contributed by atoms with Gasteiger partial charge in [-0.2, -0.15) is 5.10 Å². The highest BCUT2D eigenvalue weighted by Gasteiger charge is 2.13. The lowest BCUT2D eigenvalue weighted by Gasteiger charge is -2.12. The number of amides is 1. The van der Waals surface area contributed by atoms with Crippen LogP contribution in [0.1, 0.15) is 12.5 Å². The zero-order valence-corrected chi connectivity index (χ0v) is 16.8. The summed E-state index contributed by atoms with van der Waals surface area (Å²) in [4.78, 5) is 12.1. The van der Waals surface area contributed by atoms with Gasteiger partial charge in [0, 0.05) is 4.47 Å². The second-order valence-corrected chi connectivity index (χ2v) is 6.85. The molecule has 28 heavy (non-hydrogen) atoms. The number of hydrazone groups is 1. The number of halogens is 1. The summed E-state index contributed by atoms with van der Waals surface area (Å²) >= 11 is 3.36. The van der Waals surface area contributed by atoms with E-state index in [9.17, 15) is 4.79 Å². The summed E-state index contributed by atoms with van der Waals surface area (Å²) in [7, 11) is 0. The van der Waals surface area contributed by atoms with Crippen molar-refractivity contribution in [3.05, 3.63) is 88.9 Å². The van der Waals surface area contributed by atoms with E-state index in [4.69, 9.17) is 9.47 Å². The van der Waals surface area contributed by atoms with Crippen molar-refractivity contribution in [2.24, 2.45) is 5.10 Å². The predicted octanol–water partition coefficient (Wildman–Crippen LogP) is 5.16. The number of rotatable bonds is 7. The van der Waals surface area contributed by atoms with Crippen LogP contribution >= 0.6 is 15.9 Å². The first-order valence-electron chi connectivity index (χ1n) is 8.68. The largest absolute Gasteiger partial charge is 0.481 e. The summed E-state index contributed by atoms with van der Waals surface area (Å²) in [5.74, 6) is 1.72. The van der Waals surface area contributed by atoms with Crippen LogP contribution in [0.15, 0.2) is 88.4 Å². The SMILES string of the molecule is C[C@H](Oc1ccc(Br)cc1)C(=O)N/N=C\c1cccc(Oc2ccccc2)c1. The van der Waals surface area contributed by atoms with Crippen molar-refractivity contribution in [1.82, 2.24) is 5.43 Å². The van der Waals surface area contributed by atoms with Gasteiger partial charge in [0.2, 0.25) is 0 Å². The van der Waals surface area contributed by atoms with Gasteiger partial charge < -0.3 is 9.47 Å². The molecule has 0 aliphatic heterocycles. The van der Waals surface area contributed by atoms with Gasteiger partial charge in [-0.05, 0) is 61.0 Å². The van der Waals surface area contributed by atoms with E-state index in [0.29, 0.717) is 11.5 Å². The van der Waals surface area contributed by atoms with E-state index >= 15 is 0 Å². The van der Waals surface area contributed by atoms with Crippen molar-refractivity contribution in [3.8, 4) is 17.2 Å².